The number of aromatic nitrogens is 3. The molecule has 0 spiro atoms. The summed E-state index contributed by atoms with van der Waals surface area (Å²) in [5, 5.41) is 3.18. The van der Waals surface area contributed by atoms with E-state index in [1.54, 1.807) is 12.1 Å². The predicted molar refractivity (Wildman–Crippen MR) is 126 cm³/mol. The van der Waals surface area contributed by atoms with E-state index >= 15 is 0 Å². The fourth-order valence-electron chi connectivity index (χ4n) is 4.02. The molecule has 1 aliphatic heterocycles. The molecule has 4 aromatic rings. The number of hydrogen-bond donors (Lipinski definition) is 2. The van der Waals surface area contributed by atoms with Crippen molar-refractivity contribution < 1.29 is 9.18 Å². The van der Waals surface area contributed by atoms with Crippen LogP contribution in [-0.2, 0) is 0 Å². The van der Waals surface area contributed by atoms with E-state index in [9.17, 15) is 9.18 Å². The first kappa shape index (κ1) is 21.0. The van der Waals surface area contributed by atoms with E-state index in [4.69, 9.17) is 10.7 Å². The molecule has 8 heteroatoms. The molecule has 1 amide bonds. The maximum atomic E-state index is 13.2. The molecule has 1 aliphatic rings. The number of hydrogen-bond acceptors (Lipinski definition) is 6. The highest BCUT2D eigenvalue weighted by Crippen LogP contribution is 2.26. The largest absolute Gasteiger partial charge is 0.338 e. The van der Waals surface area contributed by atoms with Crippen molar-refractivity contribution in [1.29, 1.82) is 0 Å². The Kier molecular flexibility index (Phi) is 5.66. The number of piperidine rings is 1. The minimum atomic E-state index is -0.307. The van der Waals surface area contributed by atoms with Crippen LogP contribution < -0.4 is 11.1 Å². The van der Waals surface area contributed by atoms with Crippen molar-refractivity contribution in [2.75, 3.05) is 18.4 Å². The van der Waals surface area contributed by atoms with Gasteiger partial charge in [0.25, 0.3) is 5.91 Å². The Labute approximate surface area is 190 Å². The highest BCUT2D eigenvalue weighted by molar-refractivity contribution is 5.95. The minimum absolute atomic E-state index is 0.00218. The predicted octanol–water partition coefficient (Wildman–Crippen LogP) is 4.14. The number of benzene rings is 2. The third kappa shape index (κ3) is 4.51. The van der Waals surface area contributed by atoms with Crippen molar-refractivity contribution >= 4 is 28.4 Å². The van der Waals surface area contributed by atoms with Gasteiger partial charge in [-0.3, -0.25) is 4.79 Å². The summed E-state index contributed by atoms with van der Waals surface area (Å²) < 4.78 is 13.2. The van der Waals surface area contributed by atoms with Crippen molar-refractivity contribution in [3.63, 3.8) is 0 Å². The van der Waals surface area contributed by atoms with Crippen LogP contribution in [-0.4, -0.2) is 44.9 Å². The number of anilines is 2. The van der Waals surface area contributed by atoms with Crippen LogP contribution in [0.1, 0.15) is 23.2 Å². The molecule has 2 aromatic heterocycles. The molecule has 7 nitrogen and oxygen atoms in total. The molecular formula is C25H23FN6O. The van der Waals surface area contributed by atoms with Gasteiger partial charge < -0.3 is 16.0 Å². The zero-order valence-electron chi connectivity index (χ0n) is 17.9. The van der Waals surface area contributed by atoms with Gasteiger partial charge in [0.05, 0.1) is 11.2 Å². The Hall–Kier alpha value is -3.91. The SMILES string of the molecule is N[C@@H]1CCCN(C(=O)c2ccc(-c3ccc4ncnc(Nc5ccc(F)cc5)c4n3)cc2)C1. The molecule has 0 saturated carbocycles. The molecule has 1 saturated heterocycles. The second-order valence-electron chi connectivity index (χ2n) is 8.15. The number of pyridine rings is 1. The van der Waals surface area contributed by atoms with Crippen LogP contribution in [0, 0.1) is 5.82 Å². The fraction of sp³-hybridized carbons (Fsp3) is 0.200. The van der Waals surface area contributed by atoms with Crippen LogP contribution in [0.4, 0.5) is 15.9 Å². The molecule has 33 heavy (non-hydrogen) atoms. The number of likely N-dealkylation sites (tertiary alicyclic amines) is 1. The van der Waals surface area contributed by atoms with Crippen molar-refractivity contribution in [2.45, 2.75) is 18.9 Å². The van der Waals surface area contributed by atoms with Gasteiger partial charge in [-0.2, -0.15) is 0 Å². The van der Waals surface area contributed by atoms with Crippen LogP contribution in [0.3, 0.4) is 0 Å². The Morgan fingerprint density at radius 1 is 1.03 bits per heavy atom. The molecule has 166 valence electrons. The number of amides is 1. The van der Waals surface area contributed by atoms with Gasteiger partial charge in [-0.15, -0.1) is 0 Å². The third-order valence-electron chi connectivity index (χ3n) is 5.76. The lowest BCUT2D eigenvalue weighted by Crippen LogP contribution is -2.45. The zero-order chi connectivity index (χ0) is 22.8. The summed E-state index contributed by atoms with van der Waals surface area (Å²) in [6, 6.07) is 17.3. The highest BCUT2D eigenvalue weighted by atomic mass is 19.1. The van der Waals surface area contributed by atoms with E-state index in [1.807, 2.05) is 41.3 Å². The first-order chi connectivity index (χ1) is 16.1. The number of nitrogens with zero attached hydrogens (tertiary/aromatic N) is 4. The van der Waals surface area contributed by atoms with Crippen molar-refractivity contribution in [3.8, 4) is 11.3 Å². The standard InChI is InChI=1S/C25H23FN6O/c26-18-7-9-20(10-8-18)30-24-23-22(28-15-29-24)12-11-21(31-23)16-3-5-17(6-4-16)25(33)32-13-1-2-19(27)14-32/h3-12,15,19H,1-2,13-14,27H2,(H,28,29,30)/t19-/m1/s1. The molecule has 0 bridgehead atoms. The zero-order valence-corrected chi connectivity index (χ0v) is 17.9. The molecule has 1 fully saturated rings. The lowest BCUT2D eigenvalue weighted by Gasteiger charge is -2.30. The quantitative estimate of drug-likeness (QED) is 0.493. The number of rotatable bonds is 4. The van der Waals surface area contributed by atoms with Gasteiger partial charge >= 0.3 is 0 Å². The summed E-state index contributed by atoms with van der Waals surface area (Å²) in [4.78, 5) is 28.0. The normalized spacial score (nSPS) is 16.1. The van der Waals surface area contributed by atoms with E-state index in [1.165, 1.54) is 18.5 Å². The van der Waals surface area contributed by atoms with E-state index in [2.05, 4.69) is 15.3 Å². The van der Waals surface area contributed by atoms with Gasteiger partial charge in [0, 0.05) is 35.9 Å². The van der Waals surface area contributed by atoms with E-state index in [-0.39, 0.29) is 17.8 Å². The monoisotopic (exact) mass is 442 g/mol. The molecule has 2 aromatic carbocycles. The van der Waals surface area contributed by atoms with Crippen LogP contribution >= 0.6 is 0 Å². The second kappa shape index (κ2) is 8.91. The van der Waals surface area contributed by atoms with E-state index < -0.39 is 0 Å². The molecule has 0 unspecified atom stereocenters. The van der Waals surface area contributed by atoms with Gasteiger partial charge in [0.1, 0.15) is 17.7 Å². The summed E-state index contributed by atoms with van der Waals surface area (Å²) in [6.45, 7) is 1.33. The number of halogens is 1. The van der Waals surface area contributed by atoms with Gasteiger partial charge in [-0.05, 0) is 61.4 Å². The maximum Gasteiger partial charge on any atom is 0.253 e. The fourth-order valence-corrected chi connectivity index (χ4v) is 4.02. The number of carbonyl (C=O) groups excluding carboxylic acids is 1. The number of nitrogens with two attached hydrogens (primary N) is 1. The lowest BCUT2D eigenvalue weighted by molar-refractivity contribution is 0.0709. The van der Waals surface area contributed by atoms with Crippen LogP contribution in [0.25, 0.3) is 22.3 Å². The highest BCUT2D eigenvalue weighted by Gasteiger charge is 2.22. The molecule has 5 rings (SSSR count). The van der Waals surface area contributed by atoms with Crippen LogP contribution in [0.15, 0.2) is 67.0 Å². The number of fused-ring (bicyclic) bond motifs is 1. The van der Waals surface area contributed by atoms with Crippen molar-refractivity contribution in [1.82, 2.24) is 19.9 Å². The minimum Gasteiger partial charge on any atom is -0.338 e. The topological polar surface area (TPSA) is 97.0 Å². The van der Waals surface area contributed by atoms with Crippen LogP contribution in [0.2, 0.25) is 0 Å². The van der Waals surface area contributed by atoms with E-state index in [0.717, 1.165) is 30.6 Å². The van der Waals surface area contributed by atoms with Crippen LogP contribution in [0.5, 0.6) is 0 Å². The van der Waals surface area contributed by atoms with Gasteiger partial charge in [0.15, 0.2) is 5.82 Å². The second-order valence-corrected chi connectivity index (χ2v) is 8.15. The smallest absolute Gasteiger partial charge is 0.253 e. The average Bonchev–Trinajstić information content (AvgIpc) is 2.85. The Morgan fingerprint density at radius 3 is 2.58 bits per heavy atom. The Morgan fingerprint density at radius 2 is 1.82 bits per heavy atom. The lowest BCUT2D eigenvalue weighted by atomic mass is 10.0. The summed E-state index contributed by atoms with van der Waals surface area (Å²) in [5.74, 6) is 0.225. The van der Waals surface area contributed by atoms with E-state index in [0.29, 0.717) is 34.6 Å². The van der Waals surface area contributed by atoms with Crippen molar-refractivity contribution in [2.24, 2.45) is 5.73 Å². The molecule has 1 atom stereocenters. The number of carbonyl (C=O) groups is 1. The Bertz CT molecular complexity index is 1290. The first-order valence-electron chi connectivity index (χ1n) is 10.9. The van der Waals surface area contributed by atoms with Gasteiger partial charge in [-0.1, -0.05) is 12.1 Å². The third-order valence-corrected chi connectivity index (χ3v) is 5.76. The summed E-state index contributed by atoms with van der Waals surface area (Å²) >= 11 is 0. The molecule has 0 aliphatic carbocycles. The molecule has 3 N–H and O–H groups in total. The average molecular weight is 442 g/mol. The summed E-state index contributed by atoms with van der Waals surface area (Å²) in [7, 11) is 0. The van der Waals surface area contributed by atoms with Gasteiger partial charge in [0.2, 0.25) is 0 Å². The van der Waals surface area contributed by atoms with Crippen molar-refractivity contribution in [3.05, 3.63) is 78.4 Å². The van der Waals surface area contributed by atoms with Gasteiger partial charge in [-0.25, -0.2) is 19.3 Å². The number of nitrogens with one attached hydrogen (secondary N) is 1. The maximum absolute atomic E-state index is 13.2. The Balaban J connectivity index is 1.41. The summed E-state index contributed by atoms with van der Waals surface area (Å²) in [6.07, 6.45) is 3.35. The molecule has 3 heterocycles. The molecular weight excluding hydrogens is 419 g/mol. The molecule has 0 radical (unpaired) electrons. The first-order valence-corrected chi connectivity index (χ1v) is 10.9. The summed E-state index contributed by atoms with van der Waals surface area (Å²) in [5.41, 5.74) is 10.2.